The summed E-state index contributed by atoms with van der Waals surface area (Å²) in [5, 5.41) is 14.8. The Balaban J connectivity index is 1.81. The summed E-state index contributed by atoms with van der Waals surface area (Å²) in [7, 11) is 1.47. The molecular weight excluding hydrogens is 364 g/mol. The fourth-order valence-corrected chi connectivity index (χ4v) is 4.12. The maximum absolute atomic E-state index is 12.8. The summed E-state index contributed by atoms with van der Waals surface area (Å²) in [6.07, 6.45) is 2.92. The molecule has 4 rings (SSSR count). The summed E-state index contributed by atoms with van der Waals surface area (Å²) in [4.78, 5) is 22.6. The van der Waals surface area contributed by atoms with E-state index in [1.54, 1.807) is 12.1 Å². The Bertz CT molecular complexity index is 1270. The highest BCUT2D eigenvalue weighted by atomic mass is 32.1. The molecule has 4 aromatic rings. The van der Waals surface area contributed by atoms with E-state index in [9.17, 15) is 9.90 Å². The number of aryl methyl sites for hydroxylation is 2. The van der Waals surface area contributed by atoms with Crippen molar-refractivity contribution >= 4 is 38.0 Å². The Hall–Kier alpha value is -3.26. The minimum Gasteiger partial charge on any atom is -0.504 e. The molecule has 1 aromatic carbocycles. The molecular formula is C19H16N4O3S. The molecule has 0 saturated carbocycles. The second-order valence-corrected chi connectivity index (χ2v) is 7.11. The monoisotopic (exact) mass is 380 g/mol. The van der Waals surface area contributed by atoms with Gasteiger partial charge in [0.25, 0.3) is 5.56 Å². The highest BCUT2D eigenvalue weighted by molar-refractivity contribution is 7.25. The number of rotatable bonds is 3. The maximum atomic E-state index is 12.8. The quantitative estimate of drug-likeness (QED) is 0.551. The smallest absolute Gasteiger partial charge is 0.291 e. The predicted octanol–water partition coefficient (Wildman–Crippen LogP) is 3.22. The van der Waals surface area contributed by atoms with Crippen LogP contribution in [0, 0.1) is 13.8 Å². The first kappa shape index (κ1) is 17.2. The van der Waals surface area contributed by atoms with Crippen LogP contribution in [0.3, 0.4) is 0 Å². The summed E-state index contributed by atoms with van der Waals surface area (Å²) >= 11 is 1.33. The second-order valence-electron chi connectivity index (χ2n) is 6.11. The van der Waals surface area contributed by atoms with Crippen molar-refractivity contribution in [1.29, 1.82) is 0 Å². The van der Waals surface area contributed by atoms with Gasteiger partial charge in [0, 0.05) is 11.1 Å². The van der Waals surface area contributed by atoms with Gasteiger partial charge in [0.1, 0.15) is 15.9 Å². The van der Waals surface area contributed by atoms with E-state index in [-0.39, 0.29) is 11.3 Å². The number of methoxy groups -OCH3 is 1. The fourth-order valence-electron chi connectivity index (χ4n) is 2.95. The van der Waals surface area contributed by atoms with Gasteiger partial charge in [-0.1, -0.05) is 0 Å². The van der Waals surface area contributed by atoms with Gasteiger partial charge in [-0.2, -0.15) is 9.78 Å². The van der Waals surface area contributed by atoms with E-state index in [2.05, 4.69) is 15.1 Å². The van der Waals surface area contributed by atoms with Crippen LogP contribution in [-0.2, 0) is 0 Å². The third-order valence-electron chi connectivity index (χ3n) is 4.20. The van der Waals surface area contributed by atoms with Gasteiger partial charge in [0.2, 0.25) is 0 Å². The number of hydrogen-bond donors (Lipinski definition) is 1. The standard InChI is InChI=1S/C19H16N4O3S/c1-10-6-11(2)22-18-15(10)16-17(27-18)19(25)23(9-20-16)21-8-12-4-5-13(24)14(7-12)26-3/h4-9,24H,1-3H3/b21-8+. The molecule has 1 N–H and O–H groups in total. The highest BCUT2D eigenvalue weighted by Crippen LogP contribution is 2.31. The molecule has 0 aliphatic carbocycles. The van der Waals surface area contributed by atoms with E-state index < -0.39 is 0 Å². The zero-order chi connectivity index (χ0) is 19.1. The van der Waals surface area contributed by atoms with Gasteiger partial charge in [-0.25, -0.2) is 9.97 Å². The maximum Gasteiger partial charge on any atom is 0.291 e. The Kier molecular flexibility index (Phi) is 4.12. The number of hydrogen-bond acceptors (Lipinski definition) is 7. The molecule has 0 fully saturated rings. The summed E-state index contributed by atoms with van der Waals surface area (Å²) in [5.74, 6) is 0.375. The molecule has 0 unspecified atom stereocenters. The molecule has 3 aromatic heterocycles. The van der Waals surface area contributed by atoms with E-state index in [1.165, 1.54) is 41.7 Å². The van der Waals surface area contributed by atoms with Crippen molar-refractivity contribution in [3.05, 3.63) is 57.8 Å². The van der Waals surface area contributed by atoms with Crippen molar-refractivity contribution in [3.63, 3.8) is 0 Å². The lowest BCUT2D eigenvalue weighted by Crippen LogP contribution is -2.15. The lowest BCUT2D eigenvalue weighted by Gasteiger charge is -2.03. The number of nitrogens with zero attached hydrogens (tertiary/aromatic N) is 4. The number of phenols is 1. The molecule has 0 saturated heterocycles. The first-order valence-corrected chi connectivity index (χ1v) is 8.99. The third kappa shape index (κ3) is 2.93. The SMILES string of the molecule is COc1cc(/C=N/n2cnc3c(sc4nc(C)cc(C)c43)c2=O)ccc1O. The van der Waals surface area contributed by atoms with Crippen molar-refractivity contribution in [2.24, 2.45) is 5.10 Å². The van der Waals surface area contributed by atoms with Crippen LogP contribution in [0.15, 0.2) is 40.5 Å². The number of pyridine rings is 1. The zero-order valence-corrected chi connectivity index (χ0v) is 15.7. The first-order chi connectivity index (χ1) is 13.0. The van der Waals surface area contributed by atoms with Crippen LogP contribution in [0.25, 0.3) is 20.4 Å². The highest BCUT2D eigenvalue weighted by Gasteiger charge is 2.14. The van der Waals surface area contributed by atoms with Crippen molar-refractivity contribution in [3.8, 4) is 11.5 Å². The number of thiophene rings is 1. The first-order valence-electron chi connectivity index (χ1n) is 8.17. The average Bonchev–Trinajstić information content (AvgIpc) is 3.01. The van der Waals surface area contributed by atoms with E-state index >= 15 is 0 Å². The molecule has 7 nitrogen and oxygen atoms in total. The van der Waals surface area contributed by atoms with Crippen LogP contribution in [0.2, 0.25) is 0 Å². The molecule has 3 heterocycles. The number of ether oxygens (including phenoxy) is 1. The summed E-state index contributed by atoms with van der Waals surface area (Å²) in [5.41, 5.74) is 3.05. The largest absolute Gasteiger partial charge is 0.504 e. The minimum atomic E-state index is -0.248. The third-order valence-corrected chi connectivity index (χ3v) is 5.26. The molecule has 27 heavy (non-hydrogen) atoms. The molecule has 0 aliphatic heterocycles. The minimum absolute atomic E-state index is 0.0401. The predicted molar refractivity (Wildman–Crippen MR) is 106 cm³/mol. The van der Waals surface area contributed by atoms with Crippen molar-refractivity contribution < 1.29 is 9.84 Å². The van der Waals surface area contributed by atoms with E-state index in [0.717, 1.165) is 21.5 Å². The Morgan fingerprint density at radius 1 is 1.30 bits per heavy atom. The molecule has 0 atom stereocenters. The van der Waals surface area contributed by atoms with Crippen LogP contribution >= 0.6 is 11.3 Å². The molecule has 0 radical (unpaired) electrons. The van der Waals surface area contributed by atoms with E-state index in [0.29, 0.717) is 21.5 Å². The van der Waals surface area contributed by atoms with Gasteiger partial charge in [0.15, 0.2) is 11.5 Å². The lowest BCUT2D eigenvalue weighted by molar-refractivity contribution is 0.373. The van der Waals surface area contributed by atoms with Gasteiger partial charge < -0.3 is 9.84 Å². The summed E-state index contributed by atoms with van der Waals surface area (Å²) in [6.45, 7) is 3.92. The zero-order valence-electron chi connectivity index (χ0n) is 14.9. The molecule has 0 amide bonds. The Morgan fingerprint density at radius 2 is 2.11 bits per heavy atom. The van der Waals surface area contributed by atoms with Gasteiger partial charge in [-0.3, -0.25) is 4.79 Å². The Morgan fingerprint density at radius 3 is 2.89 bits per heavy atom. The average molecular weight is 380 g/mol. The van der Waals surface area contributed by atoms with Crippen LogP contribution in [-0.4, -0.2) is 33.1 Å². The lowest BCUT2D eigenvalue weighted by atomic mass is 10.1. The fraction of sp³-hybridized carbons (Fsp3) is 0.158. The second kappa shape index (κ2) is 6.48. The summed E-state index contributed by atoms with van der Waals surface area (Å²) in [6, 6.07) is 6.80. The van der Waals surface area contributed by atoms with Crippen LogP contribution in [0.4, 0.5) is 0 Å². The van der Waals surface area contributed by atoms with Gasteiger partial charge in [0.05, 0.1) is 18.8 Å². The van der Waals surface area contributed by atoms with Crippen molar-refractivity contribution in [1.82, 2.24) is 14.6 Å². The van der Waals surface area contributed by atoms with E-state index in [4.69, 9.17) is 4.74 Å². The summed E-state index contributed by atoms with van der Waals surface area (Å²) < 4.78 is 6.79. The number of phenolic OH excluding ortho intramolecular Hbond substituents is 1. The normalized spacial score (nSPS) is 11.7. The molecule has 8 heteroatoms. The van der Waals surface area contributed by atoms with Gasteiger partial charge >= 0.3 is 0 Å². The number of fused-ring (bicyclic) bond motifs is 3. The molecule has 0 spiro atoms. The molecule has 136 valence electrons. The van der Waals surface area contributed by atoms with Crippen molar-refractivity contribution in [2.45, 2.75) is 13.8 Å². The number of aromatic nitrogens is 3. The number of benzene rings is 1. The Labute approximate surface area is 158 Å². The van der Waals surface area contributed by atoms with Gasteiger partial charge in [-0.05, 0) is 49.2 Å². The topological polar surface area (TPSA) is 89.6 Å². The molecule has 0 aliphatic rings. The van der Waals surface area contributed by atoms with Crippen molar-refractivity contribution in [2.75, 3.05) is 7.11 Å². The van der Waals surface area contributed by atoms with Gasteiger partial charge in [-0.15, -0.1) is 11.3 Å². The van der Waals surface area contributed by atoms with Crippen LogP contribution < -0.4 is 10.3 Å². The van der Waals surface area contributed by atoms with Crippen LogP contribution in [0.5, 0.6) is 11.5 Å². The number of aromatic hydroxyl groups is 1. The van der Waals surface area contributed by atoms with E-state index in [1.807, 2.05) is 19.9 Å². The van der Waals surface area contributed by atoms with Crippen LogP contribution in [0.1, 0.15) is 16.8 Å². The molecule has 0 bridgehead atoms.